The van der Waals surface area contributed by atoms with Gasteiger partial charge in [0.2, 0.25) is 11.9 Å². The molecule has 0 bridgehead atoms. The number of hydrogen-bond donors (Lipinski definition) is 4. The van der Waals surface area contributed by atoms with E-state index in [0.717, 1.165) is 12.1 Å². The van der Waals surface area contributed by atoms with E-state index in [1.807, 2.05) is 20.8 Å². The molecule has 174 valence electrons. The summed E-state index contributed by atoms with van der Waals surface area (Å²) in [7, 11) is 0. The zero-order chi connectivity index (χ0) is 23.4. The van der Waals surface area contributed by atoms with E-state index in [-0.39, 0.29) is 17.2 Å². The molecule has 0 aliphatic heterocycles. The van der Waals surface area contributed by atoms with E-state index in [4.69, 9.17) is 5.73 Å². The number of aromatic nitrogens is 4. The van der Waals surface area contributed by atoms with E-state index in [0.29, 0.717) is 23.2 Å². The Morgan fingerprint density at radius 2 is 1.78 bits per heavy atom. The van der Waals surface area contributed by atoms with Crippen LogP contribution in [0.25, 0.3) is 11.2 Å². The largest absolute Gasteiger partial charge is 0.416 e. The van der Waals surface area contributed by atoms with E-state index in [1.54, 1.807) is 6.20 Å². The molecule has 2 aromatic heterocycles. The normalized spacial score (nSPS) is 15.2. The average molecular weight is 450 g/mol. The van der Waals surface area contributed by atoms with Gasteiger partial charge in [0.25, 0.3) is 0 Å². The maximum absolute atomic E-state index is 12.8. The predicted octanol–water partition coefficient (Wildman–Crippen LogP) is 5.60. The van der Waals surface area contributed by atoms with Gasteiger partial charge < -0.3 is 21.4 Å². The van der Waals surface area contributed by atoms with Crippen LogP contribution in [0.3, 0.4) is 0 Å². The van der Waals surface area contributed by atoms with Crippen LogP contribution in [0, 0.1) is 0 Å². The number of rotatable bonds is 3. The van der Waals surface area contributed by atoms with Crippen molar-refractivity contribution in [2.45, 2.75) is 70.6 Å². The minimum absolute atomic E-state index is 0.205. The lowest BCUT2D eigenvalue weighted by Gasteiger charge is -2.19. The quantitative estimate of drug-likeness (QED) is 0.415. The molecule has 3 aromatic rings. The molecule has 0 unspecified atom stereocenters. The Morgan fingerprint density at radius 3 is 2.38 bits per heavy atom. The maximum atomic E-state index is 12.8. The van der Waals surface area contributed by atoms with Gasteiger partial charge in [0.05, 0.1) is 11.8 Å². The van der Waals surface area contributed by atoms with Crippen LogP contribution in [-0.2, 0) is 6.18 Å². The lowest BCUT2D eigenvalue weighted by atomic mass is 9.97. The van der Waals surface area contributed by atoms with Gasteiger partial charge in [-0.05, 0) is 51.8 Å². The molecule has 0 atom stereocenters. The Bertz CT molecular complexity index is 1020. The van der Waals surface area contributed by atoms with Gasteiger partial charge in [-0.2, -0.15) is 23.1 Å². The summed E-state index contributed by atoms with van der Waals surface area (Å²) in [5, 5.41) is 5.95. The fourth-order valence-corrected chi connectivity index (χ4v) is 3.31. The van der Waals surface area contributed by atoms with Gasteiger partial charge in [0.1, 0.15) is 5.52 Å². The Morgan fingerprint density at radius 1 is 1.06 bits per heavy atom. The third-order valence-electron chi connectivity index (χ3n) is 4.83. The molecule has 1 aromatic carbocycles. The van der Waals surface area contributed by atoms with E-state index in [1.165, 1.54) is 44.2 Å². The zero-order valence-corrected chi connectivity index (χ0v) is 18.6. The van der Waals surface area contributed by atoms with Gasteiger partial charge in [-0.25, -0.2) is 4.98 Å². The molecule has 1 aliphatic rings. The lowest BCUT2D eigenvalue weighted by Crippen LogP contribution is -2.27. The van der Waals surface area contributed by atoms with Crippen molar-refractivity contribution in [3.63, 3.8) is 0 Å². The summed E-state index contributed by atoms with van der Waals surface area (Å²) in [5.74, 6) is 0.716. The van der Waals surface area contributed by atoms with Crippen molar-refractivity contribution in [3.8, 4) is 0 Å². The minimum Gasteiger partial charge on any atom is -0.350 e. The summed E-state index contributed by atoms with van der Waals surface area (Å²) in [6, 6.07) is 5.43. The van der Waals surface area contributed by atoms with E-state index >= 15 is 0 Å². The number of alkyl halides is 3. The molecular formula is C22H30F3N7. The van der Waals surface area contributed by atoms with Crippen LogP contribution in [0.1, 0.15) is 58.4 Å². The van der Waals surface area contributed by atoms with Gasteiger partial charge >= 0.3 is 6.18 Å². The number of benzene rings is 1. The van der Waals surface area contributed by atoms with Crippen LogP contribution in [-0.4, -0.2) is 31.5 Å². The molecule has 10 heteroatoms. The van der Waals surface area contributed by atoms with Crippen LogP contribution >= 0.6 is 0 Å². The number of nitrogens with two attached hydrogens (primary N) is 1. The molecule has 2 heterocycles. The molecule has 0 saturated heterocycles. The predicted molar refractivity (Wildman–Crippen MR) is 121 cm³/mol. The zero-order valence-electron chi connectivity index (χ0n) is 18.6. The Balaban J connectivity index is 0.000000352. The topological polar surface area (TPSA) is 105 Å². The fourth-order valence-electron chi connectivity index (χ4n) is 3.31. The summed E-state index contributed by atoms with van der Waals surface area (Å²) in [6.45, 7) is 5.93. The molecular weight excluding hydrogens is 419 g/mol. The number of anilines is 3. The second kappa shape index (κ2) is 9.72. The molecule has 5 N–H and O–H groups in total. The highest BCUT2D eigenvalue weighted by molar-refractivity contribution is 5.75. The molecule has 32 heavy (non-hydrogen) atoms. The highest BCUT2D eigenvalue weighted by Crippen LogP contribution is 2.31. The molecule has 0 spiro atoms. The standard InChI is InChI=1S/C16H17F3N6.C6H13N/c1-15(2,3)25-13-20-8-11-12(23-13)24-14(22-11)21-10-6-4-5-9(7-10)16(17,18)19;7-6-4-2-1-3-5-6/h4-8H,1-3H3,(H3,20,21,22,23,24,25);6H,1-5,7H2. The molecule has 0 radical (unpaired) electrons. The van der Waals surface area contributed by atoms with Gasteiger partial charge in [0.15, 0.2) is 5.65 Å². The number of nitrogens with one attached hydrogen (secondary N) is 3. The number of H-pyrrole nitrogens is 1. The van der Waals surface area contributed by atoms with Crippen molar-refractivity contribution in [1.29, 1.82) is 0 Å². The molecule has 4 rings (SSSR count). The first-order valence-corrected chi connectivity index (χ1v) is 10.7. The average Bonchev–Trinajstić information content (AvgIpc) is 3.09. The maximum Gasteiger partial charge on any atom is 0.416 e. The van der Waals surface area contributed by atoms with Crippen LogP contribution < -0.4 is 16.4 Å². The van der Waals surface area contributed by atoms with E-state index in [2.05, 4.69) is 30.6 Å². The molecule has 7 nitrogen and oxygen atoms in total. The number of fused-ring (bicyclic) bond motifs is 1. The second-order valence-corrected chi connectivity index (χ2v) is 8.99. The summed E-state index contributed by atoms with van der Waals surface area (Å²) >= 11 is 0. The number of aromatic amines is 1. The Kier molecular flexibility index (Phi) is 7.22. The van der Waals surface area contributed by atoms with E-state index < -0.39 is 11.7 Å². The Labute approximate surface area is 185 Å². The smallest absolute Gasteiger partial charge is 0.350 e. The number of hydrogen-bond acceptors (Lipinski definition) is 6. The second-order valence-electron chi connectivity index (χ2n) is 8.99. The van der Waals surface area contributed by atoms with Gasteiger partial charge in [-0.15, -0.1) is 0 Å². The third-order valence-corrected chi connectivity index (χ3v) is 4.83. The van der Waals surface area contributed by atoms with E-state index in [9.17, 15) is 13.2 Å². The number of halogens is 3. The van der Waals surface area contributed by atoms with Crippen LogP contribution in [0.4, 0.5) is 30.8 Å². The SMILES string of the molecule is CC(C)(C)Nc1ncc2[nH]c(Nc3cccc(C(F)(F)F)c3)nc2n1.NC1CCCCC1. The molecule has 1 fully saturated rings. The van der Waals surface area contributed by atoms with Crippen molar-refractivity contribution in [2.75, 3.05) is 10.6 Å². The first kappa shape index (κ1) is 23.8. The van der Waals surface area contributed by atoms with Gasteiger partial charge in [0, 0.05) is 17.3 Å². The molecule has 1 aliphatic carbocycles. The Hall–Kier alpha value is -2.88. The van der Waals surface area contributed by atoms with Gasteiger partial charge in [-0.1, -0.05) is 25.3 Å². The summed E-state index contributed by atoms with van der Waals surface area (Å²) < 4.78 is 38.3. The van der Waals surface area contributed by atoms with Crippen molar-refractivity contribution in [3.05, 3.63) is 36.0 Å². The van der Waals surface area contributed by atoms with Crippen molar-refractivity contribution in [1.82, 2.24) is 19.9 Å². The lowest BCUT2D eigenvalue weighted by molar-refractivity contribution is -0.137. The summed E-state index contributed by atoms with van der Waals surface area (Å²) in [4.78, 5) is 15.7. The third kappa shape index (κ3) is 7.08. The molecule has 0 amide bonds. The first-order valence-electron chi connectivity index (χ1n) is 10.7. The van der Waals surface area contributed by atoms with Gasteiger partial charge in [-0.3, -0.25) is 0 Å². The highest BCUT2D eigenvalue weighted by Gasteiger charge is 2.30. The first-order chi connectivity index (χ1) is 15.0. The van der Waals surface area contributed by atoms with Crippen LogP contribution in [0.5, 0.6) is 0 Å². The minimum atomic E-state index is -4.40. The molecule has 1 saturated carbocycles. The van der Waals surface area contributed by atoms with Crippen molar-refractivity contribution < 1.29 is 13.2 Å². The number of imidazole rings is 1. The fraction of sp³-hybridized carbons (Fsp3) is 0.500. The van der Waals surface area contributed by atoms with Crippen LogP contribution in [0.2, 0.25) is 0 Å². The summed E-state index contributed by atoms with van der Waals surface area (Å²) in [5.41, 5.74) is 5.96. The number of nitrogens with zero attached hydrogens (tertiary/aromatic N) is 3. The van der Waals surface area contributed by atoms with Crippen molar-refractivity contribution >= 4 is 28.7 Å². The monoisotopic (exact) mass is 449 g/mol. The van der Waals surface area contributed by atoms with Crippen molar-refractivity contribution in [2.24, 2.45) is 5.73 Å². The summed E-state index contributed by atoms with van der Waals surface area (Å²) in [6.07, 6.45) is 3.83. The highest BCUT2D eigenvalue weighted by atomic mass is 19.4. The van der Waals surface area contributed by atoms with Crippen LogP contribution in [0.15, 0.2) is 30.5 Å².